The van der Waals surface area contributed by atoms with Gasteiger partial charge in [0.1, 0.15) is 11.3 Å². The number of hydrogen-bond donors (Lipinski definition) is 2. The van der Waals surface area contributed by atoms with E-state index in [-0.39, 0.29) is 11.3 Å². The third kappa shape index (κ3) is 3.18. The van der Waals surface area contributed by atoms with Gasteiger partial charge in [0.15, 0.2) is 5.69 Å². The molecule has 0 aliphatic heterocycles. The fraction of sp³-hybridized carbons (Fsp3) is 0.235. The molecule has 0 atom stereocenters. The van der Waals surface area contributed by atoms with Crippen LogP contribution >= 0.6 is 0 Å². The number of hydrogen-bond acceptors (Lipinski definition) is 6. The van der Waals surface area contributed by atoms with Crippen LogP contribution in [-0.2, 0) is 6.54 Å². The Morgan fingerprint density at radius 2 is 2.15 bits per heavy atom. The molecule has 3 N–H and O–H groups in total. The van der Waals surface area contributed by atoms with Gasteiger partial charge in [-0.15, -0.1) is 5.10 Å². The van der Waals surface area contributed by atoms with Gasteiger partial charge < -0.3 is 15.0 Å². The lowest BCUT2D eigenvalue weighted by Crippen LogP contribution is -2.17. The number of amides is 2. The van der Waals surface area contributed by atoms with Crippen LogP contribution in [0.1, 0.15) is 34.2 Å². The first kappa shape index (κ1) is 17.3. The molecule has 0 spiro atoms. The molecule has 26 heavy (non-hydrogen) atoms. The number of benzene rings is 1. The summed E-state index contributed by atoms with van der Waals surface area (Å²) in [6.45, 7) is 2.60. The number of primary amides is 1. The molecule has 1 aromatic carbocycles. The maximum absolute atomic E-state index is 12.4. The molecule has 3 aromatic rings. The number of imidazole rings is 1. The summed E-state index contributed by atoms with van der Waals surface area (Å²) < 4.78 is 7.23. The van der Waals surface area contributed by atoms with Crippen molar-refractivity contribution in [3.05, 3.63) is 41.7 Å². The quantitative estimate of drug-likeness (QED) is 0.692. The molecule has 134 valence electrons. The van der Waals surface area contributed by atoms with Gasteiger partial charge >= 0.3 is 0 Å². The molecule has 2 heterocycles. The number of nitrogens with two attached hydrogens (primary N) is 1. The number of carbonyl (C=O) groups excluding carboxylic acids is 2. The molecule has 9 heteroatoms. The third-order valence-electron chi connectivity index (χ3n) is 3.79. The molecule has 0 aliphatic carbocycles. The van der Waals surface area contributed by atoms with Crippen molar-refractivity contribution in [2.45, 2.75) is 19.9 Å². The number of rotatable bonds is 6. The van der Waals surface area contributed by atoms with Gasteiger partial charge in [0.2, 0.25) is 11.9 Å². The summed E-state index contributed by atoms with van der Waals surface area (Å²) in [6, 6.07) is 6.32. The number of nitrogens with zero attached hydrogens (tertiary/aromatic N) is 4. The Morgan fingerprint density at radius 3 is 2.77 bits per heavy atom. The second kappa shape index (κ2) is 7.18. The highest BCUT2D eigenvalue weighted by Crippen LogP contribution is 2.31. The minimum Gasteiger partial charge on any atom is -0.494 e. The third-order valence-corrected chi connectivity index (χ3v) is 3.79. The zero-order valence-electron chi connectivity index (χ0n) is 14.4. The molecule has 0 radical (unpaired) electrons. The highest BCUT2D eigenvalue weighted by molar-refractivity contribution is 6.03. The molecule has 0 aliphatic rings. The van der Waals surface area contributed by atoms with Crippen molar-refractivity contribution in [3.8, 4) is 5.75 Å². The van der Waals surface area contributed by atoms with E-state index in [0.717, 1.165) is 6.42 Å². The molecular weight excluding hydrogens is 336 g/mol. The SMILES string of the molecule is CCCn1c(NC(=O)c2cccnn2)nc2cc(C(N)=O)cc(OC)c21. The average molecular weight is 354 g/mol. The molecule has 2 aromatic heterocycles. The number of ether oxygens (including phenoxy) is 1. The van der Waals surface area contributed by atoms with Crippen molar-refractivity contribution in [2.24, 2.45) is 5.73 Å². The topological polar surface area (TPSA) is 125 Å². The highest BCUT2D eigenvalue weighted by atomic mass is 16.5. The van der Waals surface area contributed by atoms with Crippen molar-refractivity contribution >= 4 is 28.8 Å². The lowest BCUT2D eigenvalue weighted by Gasteiger charge is -2.11. The van der Waals surface area contributed by atoms with E-state index in [2.05, 4.69) is 20.5 Å². The standard InChI is InChI=1S/C17H18N6O3/c1-3-7-23-14-12(8-10(15(18)24)9-13(14)26-2)20-17(23)21-16(25)11-5-4-6-19-22-11/h4-6,8-9H,3,7H2,1-2H3,(H2,18,24)(H,20,21,25). The van der Waals surface area contributed by atoms with Crippen molar-refractivity contribution in [3.63, 3.8) is 0 Å². The van der Waals surface area contributed by atoms with Crippen LogP contribution in [0.25, 0.3) is 11.0 Å². The van der Waals surface area contributed by atoms with E-state index in [4.69, 9.17) is 10.5 Å². The number of nitrogens with one attached hydrogen (secondary N) is 1. The predicted molar refractivity (Wildman–Crippen MR) is 95.1 cm³/mol. The van der Waals surface area contributed by atoms with Crippen LogP contribution in [0.15, 0.2) is 30.5 Å². The summed E-state index contributed by atoms with van der Waals surface area (Å²) in [5.41, 5.74) is 7.00. The van der Waals surface area contributed by atoms with Crippen molar-refractivity contribution in [2.75, 3.05) is 12.4 Å². The maximum atomic E-state index is 12.4. The molecule has 0 bridgehead atoms. The monoisotopic (exact) mass is 354 g/mol. The number of carbonyl (C=O) groups is 2. The zero-order valence-corrected chi connectivity index (χ0v) is 14.4. The lowest BCUT2D eigenvalue weighted by molar-refractivity contribution is 0.0996. The molecule has 0 saturated heterocycles. The fourth-order valence-corrected chi connectivity index (χ4v) is 2.65. The molecule has 0 fully saturated rings. The van der Waals surface area contributed by atoms with E-state index >= 15 is 0 Å². The van der Waals surface area contributed by atoms with E-state index in [1.165, 1.54) is 13.3 Å². The second-order valence-electron chi connectivity index (χ2n) is 5.56. The van der Waals surface area contributed by atoms with Crippen molar-refractivity contribution < 1.29 is 14.3 Å². The van der Waals surface area contributed by atoms with Gasteiger partial charge in [0.05, 0.1) is 12.6 Å². The van der Waals surface area contributed by atoms with Gasteiger partial charge in [-0.25, -0.2) is 4.98 Å². The molecule has 0 saturated carbocycles. The molecule has 3 rings (SSSR count). The van der Waals surface area contributed by atoms with Crippen LogP contribution in [-0.4, -0.2) is 38.7 Å². The molecule has 0 unspecified atom stereocenters. The zero-order chi connectivity index (χ0) is 18.7. The summed E-state index contributed by atoms with van der Waals surface area (Å²) in [5.74, 6) is -0.227. The summed E-state index contributed by atoms with van der Waals surface area (Å²) in [7, 11) is 1.50. The van der Waals surface area contributed by atoms with Gasteiger partial charge in [0.25, 0.3) is 5.91 Å². The van der Waals surface area contributed by atoms with Gasteiger partial charge in [0, 0.05) is 18.3 Å². The van der Waals surface area contributed by atoms with E-state index < -0.39 is 11.8 Å². The Hall–Kier alpha value is -3.49. The first-order chi connectivity index (χ1) is 12.5. The Morgan fingerprint density at radius 1 is 1.35 bits per heavy atom. The minimum atomic E-state index is -0.583. The summed E-state index contributed by atoms with van der Waals surface area (Å²) in [5, 5.41) is 10.2. The minimum absolute atomic E-state index is 0.174. The Kier molecular flexibility index (Phi) is 4.78. The number of anilines is 1. The first-order valence-electron chi connectivity index (χ1n) is 8.02. The highest BCUT2D eigenvalue weighted by Gasteiger charge is 2.19. The van der Waals surface area contributed by atoms with E-state index in [9.17, 15) is 9.59 Å². The number of aryl methyl sites for hydroxylation is 1. The Balaban J connectivity index is 2.11. The van der Waals surface area contributed by atoms with E-state index in [1.807, 2.05) is 11.5 Å². The normalized spacial score (nSPS) is 10.7. The fourth-order valence-electron chi connectivity index (χ4n) is 2.65. The molecular formula is C17H18N6O3. The molecule has 2 amide bonds. The van der Waals surface area contributed by atoms with Gasteiger partial charge in [-0.3, -0.25) is 14.9 Å². The summed E-state index contributed by atoms with van der Waals surface area (Å²) in [4.78, 5) is 28.4. The summed E-state index contributed by atoms with van der Waals surface area (Å²) in [6.07, 6.45) is 2.29. The van der Waals surface area contributed by atoms with Crippen LogP contribution in [0.3, 0.4) is 0 Å². The number of aromatic nitrogens is 4. The average Bonchev–Trinajstić information content (AvgIpc) is 2.99. The first-order valence-corrected chi connectivity index (χ1v) is 8.02. The predicted octanol–water partition coefficient (Wildman–Crippen LogP) is 1.60. The van der Waals surface area contributed by atoms with E-state index in [0.29, 0.717) is 29.3 Å². The smallest absolute Gasteiger partial charge is 0.278 e. The number of fused-ring (bicyclic) bond motifs is 1. The van der Waals surface area contributed by atoms with Crippen molar-refractivity contribution in [1.29, 1.82) is 0 Å². The Bertz CT molecular complexity index is 968. The largest absolute Gasteiger partial charge is 0.494 e. The molecule has 9 nitrogen and oxygen atoms in total. The Labute approximate surface area is 149 Å². The van der Waals surface area contributed by atoms with Crippen LogP contribution in [0.5, 0.6) is 5.75 Å². The van der Waals surface area contributed by atoms with Crippen LogP contribution < -0.4 is 15.8 Å². The van der Waals surface area contributed by atoms with Crippen LogP contribution in [0.4, 0.5) is 5.95 Å². The van der Waals surface area contributed by atoms with Gasteiger partial charge in [-0.1, -0.05) is 6.92 Å². The van der Waals surface area contributed by atoms with Crippen LogP contribution in [0.2, 0.25) is 0 Å². The second-order valence-corrected chi connectivity index (χ2v) is 5.56. The van der Waals surface area contributed by atoms with Crippen LogP contribution in [0, 0.1) is 0 Å². The van der Waals surface area contributed by atoms with Gasteiger partial charge in [-0.2, -0.15) is 5.10 Å². The summed E-state index contributed by atoms with van der Waals surface area (Å²) >= 11 is 0. The van der Waals surface area contributed by atoms with Gasteiger partial charge in [-0.05, 0) is 30.7 Å². The maximum Gasteiger partial charge on any atom is 0.278 e. The van der Waals surface area contributed by atoms with Crippen molar-refractivity contribution in [1.82, 2.24) is 19.7 Å². The van der Waals surface area contributed by atoms with E-state index in [1.54, 1.807) is 24.3 Å². The number of methoxy groups -OCH3 is 1. The lowest BCUT2D eigenvalue weighted by atomic mass is 10.1.